The molecule has 0 fully saturated rings. The van der Waals surface area contributed by atoms with Crippen LogP contribution in [0.1, 0.15) is 130 Å². The zero-order chi connectivity index (χ0) is 41.2. The molecule has 58 heavy (non-hydrogen) atoms. The number of rotatable bonds is 2. The molecule has 0 unspecified atom stereocenters. The van der Waals surface area contributed by atoms with E-state index in [-0.39, 0.29) is 46.5 Å². The molecule has 0 heterocycles. The molecule has 5 aromatic rings. The van der Waals surface area contributed by atoms with Gasteiger partial charge in [0.2, 0.25) is 0 Å². The van der Waals surface area contributed by atoms with Gasteiger partial charge in [0, 0.05) is 10.8 Å². The Morgan fingerprint density at radius 1 is 0.621 bits per heavy atom. The summed E-state index contributed by atoms with van der Waals surface area (Å²) in [6.07, 6.45) is 13.5. The van der Waals surface area contributed by atoms with Crippen molar-refractivity contribution >= 4 is 59.1 Å². The summed E-state index contributed by atoms with van der Waals surface area (Å²) in [6, 6.07) is 28.1. The van der Waals surface area contributed by atoms with Crippen molar-refractivity contribution < 1.29 is 49.0 Å². The molecule has 0 amide bonds. The molecule has 0 N–H and O–H groups in total. The van der Waals surface area contributed by atoms with Crippen LogP contribution in [-0.2, 0) is 35.1 Å². The van der Waals surface area contributed by atoms with Crippen molar-refractivity contribution in [3.8, 4) is 0 Å². The molecule has 0 radical (unpaired) electrons. The topological polar surface area (TPSA) is 0 Å². The molecular weight excluding hydrogens is 870 g/mol. The first-order chi connectivity index (χ1) is 25.9. The van der Waals surface area contributed by atoms with Gasteiger partial charge in [-0.1, -0.05) is 131 Å². The van der Waals surface area contributed by atoms with Crippen LogP contribution >= 0.6 is 23.2 Å². The van der Waals surface area contributed by atoms with Crippen LogP contribution in [0.2, 0.25) is 10.0 Å². The Kier molecular flexibility index (Phi) is 14.6. The SMILES string of the molecule is CC(C)(C)C1=CC(C)(C)c2cc3[cH-]c4cc5c(cc4c3cc21)C(C(C)(C)C)=CC5(C)C.CC(C)(C)C1=CC[C-]=C1.Clc1cccc([C](=[Zr+2])c2cccc(Cl)c2)c1.[Cl-].[Cl-]. The van der Waals surface area contributed by atoms with E-state index in [0.29, 0.717) is 5.41 Å². The first kappa shape index (κ1) is 48.3. The van der Waals surface area contributed by atoms with Crippen LogP contribution in [0.3, 0.4) is 0 Å². The van der Waals surface area contributed by atoms with Crippen molar-refractivity contribution in [2.24, 2.45) is 16.2 Å². The fourth-order valence-corrected chi connectivity index (χ4v) is 9.41. The molecule has 0 bridgehead atoms. The van der Waals surface area contributed by atoms with Crippen LogP contribution < -0.4 is 24.8 Å². The van der Waals surface area contributed by atoms with Gasteiger partial charge >= 0.3 is 120 Å². The molecule has 3 aliphatic rings. The summed E-state index contributed by atoms with van der Waals surface area (Å²) in [6.45, 7) is 30.1. The van der Waals surface area contributed by atoms with Crippen molar-refractivity contribution in [3.05, 3.63) is 158 Å². The second kappa shape index (κ2) is 17.5. The Balaban J connectivity index is 0.000000230. The van der Waals surface area contributed by atoms with E-state index in [1.54, 1.807) is 0 Å². The van der Waals surface area contributed by atoms with Crippen LogP contribution in [0.5, 0.6) is 0 Å². The molecule has 0 atom stereocenters. The average Bonchev–Trinajstić information content (AvgIpc) is 3.87. The zero-order valence-corrected chi connectivity index (χ0v) is 42.0. The maximum Gasteiger partial charge on any atom is -1.00 e. The Morgan fingerprint density at radius 3 is 1.34 bits per heavy atom. The van der Waals surface area contributed by atoms with Crippen molar-refractivity contribution in [2.45, 2.75) is 107 Å². The van der Waals surface area contributed by atoms with Crippen LogP contribution in [0, 0.1) is 22.3 Å². The maximum absolute atomic E-state index is 5.98. The molecule has 0 aromatic heterocycles. The summed E-state index contributed by atoms with van der Waals surface area (Å²) >= 11 is 13.3. The number of hydrogen-bond acceptors (Lipinski definition) is 0. The van der Waals surface area contributed by atoms with Crippen LogP contribution in [0.25, 0.3) is 32.7 Å². The quantitative estimate of drug-likeness (QED) is 0.155. The normalized spacial score (nSPS) is 16.1. The van der Waals surface area contributed by atoms with E-state index in [4.69, 9.17) is 23.2 Å². The van der Waals surface area contributed by atoms with E-state index in [1.807, 2.05) is 36.4 Å². The minimum Gasteiger partial charge on any atom is -1.00 e. The van der Waals surface area contributed by atoms with E-state index in [9.17, 15) is 0 Å². The fourth-order valence-electron chi connectivity index (χ4n) is 8.27. The van der Waals surface area contributed by atoms with Gasteiger partial charge in [0.05, 0.1) is 0 Å². The number of halogens is 4. The number of benzene rings is 4. The first-order valence-electron chi connectivity index (χ1n) is 19.9. The molecule has 0 spiro atoms. The molecule has 0 saturated heterocycles. The van der Waals surface area contributed by atoms with E-state index in [0.717, 1.165) is 27.6 Å². The van der Waals surface area contributed by atoms with Gasteiger partial charge in [0.1, 0.15) is 0 Å². The van der Waals surface area contributed by atoms with Gasteiger partial charge in [-0.2, -0.15) is 11.6 Å². The van der Waals surface area contributed by atoms with Crippen molar-refractivity contribution in [3.63, 3.8) is 0 Å². The second-order valence-electron chi connectivity index (χ2n) is 20.0. The van der Waals surface area contributed by atoms with Gasteiger partial charge in [-0.15, -0.1) is 46.2 Å². The molecule has 304 valence electrons. The monoisotopic (exact) mass is 924 g/mol. The first-order valence-corrected chi connectivity index (χ1v) is 21.9. The van der Waals surface area contributed by atoms with Crippen LogP contribution in [0.4, 0.5) is 0 Å². The van der Waals surface area contributed by atoms with Crippen molar-refractivity contribution in [1.29, 1.82) is 0 Å². The van der Waals surface area contributed by atoms with Gasteiger partial charge in [-0.3, -0.25) is 6.08 Å². The Labute approximate surface area is 386 Å². The predicted octanol–water partition coefficient (Wildman–Crippen LogP) is 9.99. The molecule has 3 aliphatic carbocycles. The van der Waals surface area contributed by atoms with Gasteiger partial charge in [0.15, 0.2) is 0 Å². The second-order valence-corrected chi connectivity index (χ2v) is 22.1. The van der Waals surface area contributed by atoms with Crippen LogP contribution in [-0.4, -0.2) is 3.21 Å². The standard InChI is InChI=1S/C31H37.C13H8Cl2.C9H13.2ClH.Zr/c1-28(2,3)26-16-30(7,8)24-12-18-11-19-13-25-23(15-21(19)20(18)14-22(24)26)27(29(4,5)6)17-31(25,9)10;14-12-5-1-3-10(8-12)7-11-4-2-6-13(15)9-11;1-9(2,3)8-6-4-5-7-8;;;/h11-17H,1-10H3;1-6,8-9H;6-7H,4H2,1-3H3;2*1H;/q-1;;-1;;;+2/p-2. The average molecular weight is 928 g/mol. The minimum atomic E-state index is 0. The largest absolute Gasteiger partial charge is 1.00 e. The molecular formula is C53H58Cl4Zr-2. The number of allylic oxidation sites excluding steroid dienone is 8. The zero-order valence-electron chi connectivity index (χ0n) is 36.5. The van der Waals surface area contributed by atoms with E-state index < -0.39 is 0 Å². The summed E-state index contributed by atoms with van der Waals surface area (Å²) < 4.78 is 1.26. The summed E-state index contributed by atoms with van der Waals surface area (Å²) in [5, 5.41) is 7.10. The molecule has 8 rings (SSSR count). The minimum absolute atomic E-state index is 0. The third-order valence-electron chi connectivity index (χ3n) is 11.4. The summed E-state index contributed by atoms with van der Waals surface area (Å²) in [5.74, 6) is 0. The third kappa shape index (κ3) is 10.2. The van der Waals surface area contributed by atoms with E-state index in [2.05, 4.69) is 163 Å². The van der Waals surface area contributed by atoms with Gasteiger partial charge in [-0.25, -0.2) is 6.08 Å². The Morgan fingerprint density at radius 2 is 1.03 bits per heavy atom. The third-order valence-corrected chi connectivity index (χ3v) is 13.3. The van der Waals surface area contributed by atoms with Crippen molar-refractivity contribution in [1.82, 2.24) is 0 Å². The fraction of sp³-hybridized carbons (Fsp3) is 0.358. The van der Waals surface area contributed by atoms with E-state index >= 15 is 0 Å². The molecule has 0 aliphatic heterocycles. The number of fused-ring (bicyclic) bond motifs is 5. The van der Waals surface area contributed by atoms with Gasteiger partial charge in [0.25, 0.3) is 0 Å². The van der Waals surface area contributed by atoms with Crippen LogP contribution in [0.15, 0.2) is 109 Å². The molecule has 5 heteroatoms. The summed E-state index contributed by atoms with van der Waals surface area (Å²) in [4.78, 5) is 0. The summed E-state index contributed by atoms with van der Waals surface area (Å²) in [7, 11) is 0. The Bertz CT molecular complexity index is 2330. The number of hydrogen-bond donors (Lipinski definition) is 0. The van der Waals surface area contributed by atoms with Crippen molar-refractivity contribution in [2.75, 3.05) is 0 Å². The van der Waals surface area contributed by atoms with E-state index in [1.165, 1.54) is 88.0 Å². The Hall–Kier alpha value is -2.38. The predicted molar refractivity (Wildman–Crippen MR) is 244 cm³/mol. The van der Waals surface area contributed by atoms with Gasteiger partial charge in [-0.05, 0) is 33.1 Å². The molecule has 0 nitrogen and oxygen atoms in total. The molecule has 5 aromatic carbocycles. The summed E-state index contributed by atoms with van der Waals surface area (Å²) in [5.41, 5.74) is 13.3. The molecule has 0 saturated carbocycles. The van der Waals surface area contributed by atoms with Gasteiger partial charge < -0.3 is 24.8 Å². The smallest absolute Gasteiger partial charge is 1.00 e. The maximum atomic E-state index is 5.98.